The van der Waals surface area contributed by atoms with Gasteiger partial charge in [-0.05, 0) is 66.5 Å². The summed E-state index contributed by atoms with van der Waals surface area (Å²) in [6.07, 6.45) is 1.83. The smallest absolute Gasteiger partial charge is 0.410 e. The molecule has 1 amide bonds. The zero-order chi connectivity index (χ0) is 16.1. The van der Waals surface area contributed by atoms with Crippen LogP contribution in [0.2, 0.25) is 0 Å². The zero-order valence-electron chi connectivity index (χ0n) is 14.5. The van der Waals surface area contributed by atoms with Crippen LogP contribution in [0.1, 0.15) is 47.5 Å². The molecule has 0 bridgehead atoms. The van der Waals surface area contributed by atoms with Crippen molar-refractivity contribution in [1.82, 2.24) is 10.2 Å². The molecule has 1 atom stereocenters. The Hall–Kier alpha value is -0.810. The monoisotopic (exact) mass is 300 g/mol. The van der Waals surface area contributed by atoms with Crippen LogP contribution in [0.15, 0.2) is 0 Å². The fraction of sp³-hybridized carbons (Fsp3) is 0.938. The number of rotatable bonds is 6. The van der Waals surface area contributed by atoms with Gasteiger partial charge >= 0.3 is 6.09 Å². The molecular weight excluding hydrogens is 268 g/mol. The van der Waals surface area contributed by atoms with Crippen LogP contribution in [0.5, 0.6) is 0 Å². The molecule has 0 radical (unpaired) electrons. The van der Waals surface area contributed by atoms with Crippen molar-refractivity contribution in [3.8, 4) is 0 Å². The van der Waals surface area contributed by atoms with Crippen molar-refractivity contribution in [2.45, 2.75) is 58.7 Å². The van der Waals surface area contributed by atoms with Gasteiger partial charge in [-0.1, -0.05) is 0 Å². The van der Waals surface area contributed by atoms with Crippen LogP contribution >= 0.6 is 0 Å². The van der Waals surface area contributed by atoms with Crippen molar-refractivity contribution in [2.75, 3.05) is 33.3 Å². The third-order valence-electron chi connectivity index (χ3n) is 3.83. The van der Waals surface area contributed by atoms with Gasteiger partial charge in [-0.3, -0.25) is 0 Å². The lowest BCUT2D eigenvalue weighted by molar-refractivity contribution is 0.0157. The number of carbonyl (C=O) groups excluding carboxylic acids is 1. The van der Waals surface area contributed by atoms with Crippen molar-refractivity contribution in [3.63, 3.8) is 0 Å². The molecule has 124 valence electrons. The Morgan fingerprint density at radius 1 is 1.29 bits per heavy atom. The standard InChI is InChI=1S/C16H32N2O3/c1-15(2,3)21-14(19)18-10-7-13(12-18)11-17-9-8-16(4,5)20-6/h13,17H,7-12H2,1-6H3. The van der Waals surface area contributed by atoms with Crippen molar-refractivity contribution in [2.24, 2.45) is 5.92 Å². The molecule has 0 saturated carbocycles. The highest BCUT2D eigenvalue weighted by Crippen LogP contribution is 2.19. The molecule has 1 fully saturated rings. The minimum absolute atomic E-state index is 0.0781. The number of nitrogens with one attached hydrogen (secondary N) is 1. The van der Waals surface area contributed by atoms with Gasteiger partial charge in [0.15, 0.2) is 0 Å². The lowest BCUT2D eigenvalue weighted by Gasteiger charge is -2.25. The summed E-state index contributed by atoms with van der Waals surface area (Å²) in [5.41, 5.74) is -0.496. The predicted molar refractivity (Wildman–Crippen MR) is 84.5 cm³/mol. The fourth-order valence-corrected chi connectivity index (χ4v) is 2.29. The highest BCUT2D eigenvalue weighted by Gasteiger charge is 2.29. The van der Waals surface area contributed by atoms with Crippen LogP contribution in [-0.2, 0) is 9.47 Å². The van der Waals surface area contributed by atoms with Gasteiger partial charge in [-0.2, -0.15) is 0 Å². The Labute approximate surface area is 129 Å². The highest BCUT2D eigenvalue weighted by atomic mass is 16.6. The van der Waals surface area contributed by atoms with Gasteiger partial charge in [0, 0.05) is 20.2 Å². The number of likely N-dealkylation sites (tertiary alicyclic amines) is 1. The Balaban J connectivity index is 2.22. The van der Waals surface area contributed by atoms with E-state index in [0.717, 1.165) is 39.0 Å². The summed E-state index contributed by atoms with van der Waals surface area (Å²) in [6.45, 7) is 13.3. The molecule has 1 heterocycles. The van der Waals surface area contributed by atoms with Crippen LogP contribution in [-0.4, -0.2) is 55.5 Å². The second kappa shape index (κ2) is 7.45. The highest BCUT2D eigenvalue weighted by molar-refractivity contribution is 5.68. The van der Waals surface area contributed by atoms with Gasteiger partial charge in [0.25, 0.3) is 0 Å². The van der Waals surface area contributed by atoms with Crippen LogP contribution in [0.25, 0.3) is 0 Å². The summed E-state index contributed by atoms with van der Waals surface area (Å²) in [7, 11) is 1.75. The molecule has 1 aliphatic heterocycles. The molecule has 0 aromatic carbocycles. The molecule has 21 heavy (non-hydrogen) atoms. The normalized spacial score (nSPS) is 19.9. The molecule has 1 saturated heterocycles. The summed E-state index contributed by atoms with van der Waals surface area (Å²) < 4.78 is 10.8. The van der Waals surface area contributed by atoms with E-state index in [9.17, 15) is 4.79 Å². The van der Waals surface area contributed by atoms with Crippen molar-refractivity contribution in [1.29, 1.82) is 0 Å². The average Bonchev–Trinajstić information content (AvgIpc) is 2.81. The lowest BCUT2D eigenvalue weighted by atomic mass is 10.0. The summed E-state index contributed by atoms with van der Waals surface area (Å²) in [4.78, 5) is 13.8. The number of hydrogen-bond donors (Lipinski definition) is 1. The Bertz CT molecular complexity index is 337. The van der Waals surface area contributed by atoms with Crippen LogP contribution in [0.3, 0.4) is 0 Å². The minimum Gasteiger partial charge on any atom is -0.444 e. The third-order valence-corrected chi connectivity index (χ3v) is 3.83. The largest absolute Gasteiger partial charge is 0.444 e. The van der Waals surface area contributed by atoms with E-state index < -0.39 is 5.60 Å². The predicted octanol–water partition coefficient (Wildman–Crippen LogP) is 2.65. The van der Waals surface area contributed by atoms with E-state index >= 15 is 0 Å². The first-order valence-corrected chi connectivity index (χ1v) is 7.87. The van der Waals surface area contributed by atoms with Crippen LogP contribution in [0, 0.1) is 5.92 Å². The molecule has 1 N–H and O–H groups in total. The molecule has 5 heteroatoms. The number of ether oxygens (including phenoxy) is 2. The van der Waals surface area contributed by atoms with E-state index in [2.05, 4.69) is 19.2 Å². The van der Waals surface area contributed by atoms with Gasteiger partial charge in [0.1, 0.15) is 5.60 Å². The van der Waals surface area contributed by atoms with E-state index in [1.54, 1.807) is 7.11 Å². The molecular formula is C16H32N2O3. The van der Waals surface area contributed by atoms with Crippen LogP contribution < -0.4 is 5.32 Å². The number of hydrogen-bond acceptors (Lipinski definition) is 4. The average molecular weight is 300 g/mol. The quantitative estimate of drug-likeness (QED) is 0.766. The second-order valence-corrected chi connectivity index (χ2v) is 7.50. The van der Waals surface area contributed by atoms with E-state index in [4.69, 9.17) is 9.47 Å². The number of nitrogens with zero attached hydrogens (tertiary/aromatic N) is 1. The lowest BCUT2D eigenvalue weighted by Crippen LogP contribution is -2.36. The maximum atomic E-state index is 12.0. The number of carbonyl (C=O) groups is 1. The summed E-state index contributed by atoms with van der Waals surface area (Å²) >= 11 is 0. The first-order valence-electron chi connectivity index (χ1n) is 7.87. The molecule has 0 aromatic rings. The van der Waals surface area contributed by atoms with Gasteiger partial charge < -0.3 is 19.7 Å². The van der Waals surface area contributed by atoms with Crippen LogP contribution in [0.4, 0.5) is 4.79 Å². The van der Waals surface area contributed by atoms with E-state index in [-0.39, 0.29) is 11.7 Å². The number of methoxy groups -OCH3 is 1. The molecule has 0 spiro atoms. The third kappa shape index (κ3) is 7.14. The molecule has 1 unspecified atom stereocenters. The molecule has 5 nitrogen and oxygen atoms in total. The topological polar surface area (TPSA) is 50.8 Å². The van der Waals surface area contributed by atoms with Gasteiger partial charge in [-0.25, -0.2) is 4.79 Å². The summed E-state index contributed by atoms with van der Waals surface area (Å²) in [6, 6.07) is 0. The molecule has 0 aromatic heterocycles. The number of amides is 1. The maximum absolute atomic E-state index is 12.0. The van der Waals surface area contributed by atoms with Gasteiger partial charge in [0.05, 0.1) is 5.60 Å². The van der Waals surface area contributed by atoms with Crippen molar-refractivity contribution in [3.05, 3.63) is 0 Å². The molecule has 1 aliphatic rings. The maximum Gasteiger partial charge on any atom is 0.410 e. The summed E-state index contributed by atoms with van der Waals surface area (Å²) in [5, 5.41) is 3.47. The van der Waals surface area contributed by atoms with E-state index in [1.165, 1.54) is 0 Å². The Kier molecular flexibility index (Phi) is 6.47. The first kappa shape index (κ1) is 18.2. The Morgan fingerprint density at radius 3 is 2.52 bits per heavy atom. The Morgan fingerprint density at radius 2 is 1.95 bits per heavy atom. The van der Waals surface area contributed by atoms with Crippen molar-refractivity contribution >= 4 is 6.09 Å². The summed E-state index contributed by atoms with van der Waals surface area (Å²) in [5.74, 6) is 0.517. The van der Waals surface area contributed by atoms with Crippen molar-refractivity contribution < 1.29 is 14.3 Å². The SMILES string of the molecule is COC(C)(C)CCNCC1CCN(C(=O)OC(C)(C)C)C1. The zero-order valence-corrected chi connectivity index (χ0v) is 14.5. The fourth-order valence-electron chi connectivity index (χ4n) is 2.29. The second-order valence-electron chi connectivity index (χ2n) is 7.50. The van der Waals surface area contributed by atoms with E-state index in [0.29, 0.717) is 5.92 Å². The van der Waals surface area contributed by atoms with Gasteiger partial charge in [0.2, 0.25) is 0 Å². The first-order chi connectivity index (χ1) is 9.63. The minimum atomic E-state index is -0.418. The molecule has 1 rings (SSSR count). The van der Waals surface area contributed by atoms with E-state index in [1.807, 2.05) is 25.7 Å². The molecule has 0 aliphatic carbocycles. The van der Waals surface area contributed by atoms with Gasteiger partial charge in [-0.15, -0.1) is 0 Å².